The summed E-state index contributed by atoms with van der Waals surface area (Å²) in [6.07, 6.45) is -0.641. The topological polar surface area (TPSA) is 66.8 Å². The Kier molecular flexibility index (Phi) is 2.70. The van der Waals surface area contributed by atoms with Gasteiger partial charge >= 0.3 is 0 Å². The average Bonchev–Trinajstić information content (AvgIpc) is 2.29. The Morgan fingerprint density at radius 2 is 1.93 bits per heavy atom. The van der Waals surface area contributed by atoms with E-state index in [1.807, 2.05) is 0 Å². The van der Waals surface area contributed by atoms with E-state index in [0.717, 1.165) is 0 Å². The Hall–Kier alpha value is -1.39. The molecule has 0 saturated heterocycles. The van der Waals surface area contributed by atoms with Crippen molar-refractivity contribution in [2.75, 3.05) is 13.2 Å². The maximum atomic E-state index is 11.9. The maximum Gasteiger partial charge on any atom is 0.175 e. The van der Waals surface area contributed by atoms with Gasteiger partial charge in [-0.05, 0) is 12.1 Å². The lowest BCUT2D eigenvalue weighted by atomic mass is 9.90. The molecule has 15 heavy (non-hydrogen) atoms. The second kappa shape index (κ2) is 4.00. The van der Waals surface area contributed by atoms with Crippen LogP contribution in [0.3, 0.4) is 0 Å². The number of carbonyl (C=O) groups excluding carboxylic acids is 1. The molecule has 1 aliphatic rings. The first-order valence-corrected chi connectivity index (χ1v) is 4.79. The summed E-state index contributed by atoms with van der Waals surface area (Å²) < 4.78 is 5.42. The third kappa shape index (κ3) is 1.62. The summed E-state index contributed by atoms with van der Waals surface area (Å²) in [4.78, 5) is 11.9. The van der Waals surface area contributed by atoms with E-state index in [1.165, 1.54) is 0 Å². The minimum absolute atomic E-state index is 0.168. The lowest BCUT2D eigenvalue weighted by molar-refractivity contribution is 0.0266. The number of fused-ring (bicyclic) bond motifs is 1. The number of Topliss-reactive ketones (excluding diaryl/α,β-unsaturated/α-hetero) is 1. The Balaban J connectivity index is 2.40. The molecule has 0 unspecified atom stereocenters. The molecule has 1 aliphatic heterocycles. The molecule has 0 fully saturated rings. The molecule has 0 saturated carbocycles. The van der Waals surface area contributed by atoms with E-state index >= 15 is 0 Å². The molecule has 1 aromatic carbocycles. The smallest absolute Gasteiger partial charge is 0.175 e. The number of rotatable bonds is 2. The molecule has 4 nitrogen and oxygen atoms in total. The highest BCUT2D eigenvalue weighted by molar-refractivity contribution is 6.01. The van der Waals surface area contributed by atoms with Crippen molar-refractivity contribution in [3.63, 3.8) is 0 Å². The molecule has 0 spiro atoms. The van der Waals surface area contributed by atoms with Gasteiger partial charge in [0.1, 0.15) is 11.9 Å². The SMILES string of the molecule is O=C1c2ccccc2O[C@H](CO)[C@H]1CO. The summed E-state index contributed by atoms with van der Waals surface area (Å²) >= 11 is 0. The van der Waals surface area contributed by atoms with Crippen molar-refractivity contribution < 1.29 is 19.7 Å². The zero-order valence-electron chi connectivity index (χ0n) is 8.09. The van der Waals surface area contributed by atoms with Crippen LogP contribution in [0.5, 0.6) is 5.75 Å². The molecular formula is C11H12O4. The van der Waals surface area contributed by atoms with Crippen LogP contribution in [0.4, 0.5) is 0 Å². The third-order valence-electron chi connectivity index (χ3n) is 2.59. The quantitative estimate of drug-likeness (QED) is 0.730. The maximum absolute atomic E-state index is 11.9. The van der Waals surface area contributed by atoms with Gasteiger partial charge in [0.2, 0.25) is 0 Å². The van der Waals surface area contributed by atoms with Crippen LogP contribution < -0.4 is 4.74 Å². The summed E-state index contributed by atoms with van der Waals surface area (Å²) in [7, 11) is 0. The van der Waals surface area contributed by atoms with Crippen molar-refractivity contribution in [2.45, 2.75) is 6.10 Å². The largest absolute Gasteiger partial charge is 0.486 e. The van der Waals surface area contributed by atoms with Crippen molar-refractivity contribution in [1.82, 2.24) is 0 Å². The molecule has 4 heteroatoms. The summed E-state index contributed by atoms with van der Waals surface area (Å²) in [6, 6.07) is 6.85. The lowest BCUT2D eigenvalue weighted by Crippen LogP contribution is -2.42. The number of hydrogen-bond donors (Lipinski definition) is 2. The van der Waals surface area contributed by atoms with Gasteiger partial charge in [0.25, 0.3) is 0 Å². The zero-order chi connectivity index (χ0) is 10.8. The second-order valence-electron chi connectivity index (χ2n) is 3.49. The summed E-state index contributed by atoms with van der Waals surface area (Å²) in [5.74, 6) is -0.352. The van der Waals surface area contributed by atoms with E-state index in [0.29, 0.717) is 11.3 Å². The molecule has 0 aliphatic carbocycles. The molecule has 0 amide bonds. The van der Waals surface area contributed by atoms with Crippen LogP contribution in [-0.4, -0.2) is 35.3 Å². The van der Waals surface area contributed by atoms with E-state index in [9.17, 15) is 4.79 Å². The van der Waals surface area contributed by atoms with Gasteiger partial charge in [-0.2, -0.15) is 0 Å². The number of ether oxygens (including phenoxy) is 1. The molecule has 1 aromatic rings. The number of ketones is 1. The molecule has 2 rings (SSSR count). The van der Waals surface area contributed by atoms with Gasteiger partial charge in [-0.25, -0.2) is 0 Å². The third-order valence-corrected chi connectivity index (χ3v) is 2.59. The molecule has 2 N–H and O–H groups in total. The van der Waals surface area contributed by atoms with Gasteiger partial charge < -0.3 is 14.9 Å². The van der Waals surface area contributed by atoms with Crippen LogP contribution in [0.25, 0.3) is 0 Å². The minimum atomic E-state index is -0.662. The monoisotopic (exact) mass is 208 g/mol. The fraction of sp³-hybridized carbons (Fsp3) is 0.364. The molecule has 1 heterocycles. The first kappa shape index (κ1) is 10.1. The predicted molar refractivity (Wildman–Crippen MR) is 52.9 cm³/mol. The number of aliphatic hydroxyl groups excluding tert-OH is 2. The van der Waals surface area contributed by atoms with Gasteiger partial charge in [0.15, 0.2) is 5.78 Å². The Morgan fingerprint density at radius 1 is 1.20 bits per heavy atom. The Bertz CT molecular complexity index is 375. The molecular weight excluding hydrogens is 196 g/mol. The van der Waals surface area contributed by atoms with Crippen LogP contribution in [0.15, 0.2) is 24.3 Å². The van der Waals surface area contributed by atoms with Crippen LogP contribution in [0.1, 0.15) is 10.4 Å². The fourth-order valence-electron chi connectivity index (χ4n) is 1.75. The van der Waals surface area contributed by atoms with E-state index in [-0.39, 0.29) is 19.0 Å². The van der Waals surface area contributed by atoms with E-state index in [2.05, 4.69) is 0 Å². The number of para-hydroxylation sites is 1. The van der Waals surface area contributed by atoms with Crippen molar-refractivity contribution in [3.05, 3.63) is 29.8 Å². The molecule has 2 atom stereocenters. The molecule has 0 aromatic heterocycles. The van der Waals surface area contributed by atoms with Gasteiger partial charge in [-0.1, -0.05) is 12.1 Å². The molecule has 80 valence electrons. The Labute approximate surface area is 87.1 Å². The van der Waals surface area contributed by atoms with Crippen LogP contribution in [0, 0.1) is 5.92 Å². The predicted octanol–water partition coefficient (Wildman–Crippen LogP) is 0.231. The first-order chi connectivity index (χ1) is 7.27. The normalized spacial score (nSPS) is 24.5. The van der Waals surface area contributed by atoms with Gasteiger partial charge in [0, 0.05) is 0 Å². The average molecular weight is 208 g/mol. The van der Waals surface area contributed by atoms with Crippen molar-refractivity contribution in [1.29, 1.82) is 0 Å². The van der Waals surface area contributed by atoms with Gasteiger partial charge in [-0.3, -0.25) is 4.79 Å². The molecule has 0 bridgehead atoms. The standard InChI is InChI=1S/C11H12O4/c12-5-8-10(6-13)15-9-4-2-1-3-7(9)11(8)14/h1-4,8,10,12-13H,5-6H2/t8-,10-/m1/s1. The number of aliphatic hydroxyl groups is 2. The fourth-order valence-corrected chi connectivity index (χ4v) is 1.75. The number of benzene rings is 1. The van der Waals surface area contributed by atoms with Crippen LogP contribution in [0.2, 0.25) is 0 Å². The zero-order valence-corrected chi connectivity index (χ0v) is 8.09. The number of hydrogen-bond acceptors (Lipinski definition) is 4. The van der Waals surface area contributed by atoms with Gasteiger partial charge in [0.05, 0.1) is 24.7 Å². The van der Waals surface area contributed by atoms with Crippen LogP contribution >= 0.6 is 0 Å². The highest BCUT2D eigenvalue weighted by Crippen LogP contribution is 2.30. The number of carbonyl (C=O) groups is 1. The van der Waals surface area contributed by atoms with Crippen LogP contribution in [-0.2, 0) is 0 Å². The van der Waals surface area contributed by atoms with Crippen molar-refractivity contribution in [2.24, 2.45) is 5.92 Å². The highest BCUT2D eigenvalue weighted by Gasteiger charge is 2.35. The van der Waals surface area contributed by atoms with Crippen molar-refractivity contribution in [3.8, 4) is 5.75 Å². The molecule has 0 radical (unpaired) electrons. The van der Waals surface area contributed by atoms with Crippen molar-refractivity contribution >= 4 is 5.78 Å². The van der Waals surface area contributed by atoms with E-state index < -0.39 is 12.0 Å². The minimum Gasteiger partial charge on any atom is -0.486 e. The van der Waals surface area contributed by atoms with Gasteiger partial charge in [-0.15, -0.1) is 0 Å². The van der Waals surface area contributed by atoms with E-state index in [4.69, 9.17) is 14.9 Å². The lowest BCUT2D eigenvalue weighted by Gasteiger charge is -2.30. The summed E-state index contributed by atoms with van der Waals surface area (Å²) in [5, 5.41) is 18.1. The summed E-state index contributed by atoms with van der Waals surface area (Å²) in [6.45, 7) is -0.580. The first-order valence-electron chi connectivity index (χ1n) is 4.79. The summed E-state index contributed by atoms with van der Waals surface area (Å²) in [5.41, 5.74) is 0.473. The highest BCUT2D eigenvalue weighted by atomic mass is 16.5. The van der Waals surface area contributed by atoms with E-state index in [1.54, 1.807) is 24.3 Å². The Morgan fingerprint density at radius 3 is 2.60 bits per heavy atom. The second-order valence-corrected chi connectivity index (χ2v) is 3.49.